The fourth-order valence-corrected chi connectivity index (χ4v) is 2.32. The molecule has 4 heteroatoms. The van der Waals surface area contributed by atoms with Gasteiger partial charge in [0.2, 0.25) is 0 Å². The van der Waals surface area contributed by atoms with E-state index in [1.165, 1.54) is 0 Å². The fraction of sp³-hybridized carbons (Fsp3) is 0.625. The first-order valence-corrected chi connectivity index (χ1v) is 7.23. The highest BCUT2D eigenvalue weighted by atomic mass is 19.3. The van der Waals surface area contributed by atoms with Crippen LogP contribution in [0.25, 0.3) is 0 Å². The lowest BCUT2D eigenvalue weighted by Gasteiger charge is -2.23. The first-order valence-electron chi connectivity index (χ1n) is 7.23. The van der Waals surface area contributed by atoms with Crippen molar-refractivity contribution in [2.45, 2.75) is 59.2 Å². The maximum absolute atomic E-state index is 12.2. The predicted octanol–water partition coefficient (Wildman–Crippen LogP) is 4.76. The normalized spacial score (nSPS) is 15.9. The lowest BCUT2D eigenvalue weighted by molar-refractivity contribution is -0.0499. The predicted molar refractivity (Wildman–Crippen MR) is 78.2 cm³/mol. The van der Waals surface area contributed by atoms with E-state index in [0.29, 0.717) is 12.0 Å². The third-order valence-electron chi connectivity index (χ3n) is 3.57. The van der Waals surface area contributed by atoms with Gasteiger partial charge < -0.3 is 10.1 Å². The number of hydrogen-bond donors (Lipinski definition) is 1. The number of alkyl halides is 2. The van der Waals surface area contributed by atoms with Gasteiger partial charge >= 0.3 is 6.61 Å². The van der Waals surface area contributed by atoms with E-state index in [2.05, 4.69) is 30.8 Å². The molecule has 3 unspecified atom stereocenters. The van der Waals surface area contributed by atoms with Crippen LogP contribution in [0.3, 0.4) is 0 Å². The van der Waals surface area contributed by atoms with Crippen molar-refractivity contribution >= 4 is 0 Å². The van der Waals surface area contributed by atoms with Gasteiger partial charge in [0, 0.05) is 12.1 Å². The Labute approximate surface area is 120 Å². The summed E-state index contributed by atoms with van der Waals surface area (Å²) in [5.74, 6) is 0.888. The molecule has 2 nitrogen and oxygen atoms in total. The van der Waals surface area contributed by atoms with Crippen molar-refractivity contribution < 1.29 is 13.5 Å². The fourth-order valence-electron chi connectivity index (χ4n) is 2.32. The van der Waals surface area contributed by atoms with E-state index in [1.54, 1.807) is 18.2 Å². The monoisotopic (exact) mass is 285 g/mol. The lowest BCUT2D eigenvalue weighted by Crippen LogP contribution is -2.30. The highest BCUT2D eigenvalue weighted by molar-refractivity contribution is 5.30. The molecule has 0 aliphatic heterocycles. The van der Waals surface area contributed by atoms with E-state index >= 15 is 0 Å². The van der Waals surface area contributed by atoms with Crippen molar-refractivity contribution in [3.05, 3.63) is 29.8 Å². The number of ether oxygens (including phenoxy) is 1. The van der Waals surface area contributed by atoms with Crippen LogP contribution in [-0.2, 0) is 0 Å². The summed E-state index contributed by atoms with van der Waals surface area (Å²) in [7, 11) is 0. The summed E-state index contributed by atoms with van der Waals surface area (Å²) in [4.78, 5) is 0. The lowest BCUT2D eigenvalue weighted by atomic mass is 9.99. The van der Waals surface area contributed by atoms with Crippen LogP contribution in [0.2, 0.25) is 0 Å². The van der Waals surface area contributed by atoms with Crippen LogP contribution < -0.4 is 10.1 Å². The molecule has 0 saturated carbocycles. The first kappa shape index (κ1) is 16.9. The summed E-state index contributed by atoms with van der Waals surface area (Å²) in [6.45, 7) is 5.83. The maximum atomic E-state index is 12.2. The molecule has 0 bridgehead atoms. The minimum atomic E-state index is -2.78. The summed E-state index contributed by atoms with van der Waals surface area (Å²) in [5.41, 5.74) is 0.958. The zero-order valence-corrected chi connectivity index (χ0v) is 12.7. The molecule has 0 spiro atoms. The molecule has 0 aliphatic rings. The Balaban J connectivity index is 2.60. The smallest absolute Gasteiger partial charge is 0.387 e. The van der Waals surface area contributed by atoms with E-state index in [9.17, 15) is 8.78 Å². The second-order valence-corrected chi connectivity index (χ2v) is 5.49. The van der Waals surface area contributed by atoms with Gasteiger partial charge in [0.15, 0.2) is 0 Å². The quantitative estimate of drug-likeness (QED) is 0.743. The van der Waals surface area contributed by atoms with Crippen LogP contribution in [0.1, 0.15) is 52.1 Å². The molecule has 114 valence electrons. The molecule has 1 N–H and O–H groups in total. The Morgan fingerprint density at radius 2 is 1.90 bits per heavy atom. The Hall–Kier alpha value is -1.16. The molecule has 0 aromatic heterocycles. The van der Waals surface area contributed by atoms with Crippen molar-refractivity contribution in [1.29, 1.82) is 0 Å². The van der Waals surface area contributed by atoms with Gasteiger partial charge in [-0.2, -0.15) is 8.78 Å². The number of nitrogens with one attached hydrogen (secondary N) is 1. The second kappa shape index (κ2) is 8.20. The maximum Gasteiger partial charge on any atom is 0.387 e. The molecule has 0 fully saturated rings. The summed E-state index contributed by atoms with van der Waals surface area (Å²) in [5, 5.41) is 3.50. The third kappa shape index (κ3) is 5.87. The van der Waals surface area contributed by atoms with E-state index < -0.39 is 6.61 Å². The Morgan fingerprint density at radius 1 is 1.20 bits per heavy atom. The second-order valence-electron chi connectivity index (χ2n) is 5.49. The molecule has 0 aliphatic carbocycles. The van der Waals surface area contributed by atoms with Crippen molar-refractivity contribution in [2.75, 3.05) is 0 Å². The van der Waals surface area contributed by atoms with Crippen molar-refractivity contribution in [3.8, 4) is 5.75 Å². The molecule has 0 amide bonds. The van der Waals surface area contributed by atoms with Crippen molar-refractivity contribution in [3.63, 3.8) is 0 Å². The number of benzene rings is 1. The molecule has 0 heterocycles. The minimum absolute atomic E-state index is 0.107. The van der Waals surface area contributed by atoms with Crippen LogP contribution in [0.4, 0.5) is 8.78 Å². The van der Waals surface area contributed by atoms with Crippen LogP contribution in [0.5, 0.6) is 5.75 Å². The zero-order valence-electron chi connectivity index (χ0n) is 12.7. The van der Waals surface area contributed by atoms with Gasteiger partial charge in [-0.1, -0.05) is 32.4 Å². The van der Waals surface area contributed by atoms with Gasteiger partial charge in [-0.15, -0.1) is 0 Å². The summed E-state index contributed by atoms with van der Waals surface area (Å²) in [6, 6.07) is 7.37. The molecule has 20 heavy (non-hydrogen) atoms. The van der Waals surface area contributed by atoms with Crippen LogP contribution in [0, 0.1) is 5.92 Å². The molecular formula is C16H25F2NO. The number of rotatable bonds is 8. The van der Waals surface area contributed by atoms with Gasteiger partial charge in [0.25, 0.3) is 0 Å². The van der Waals surface area contributed by atoms with Crippen LogP contribution in [-0.4, -0.2) is 12.7 Å². The van der Waals surface area contributed by atoms with Gasteiger partial charge in [-0.05, 0) is 43.9 Å². The first-order chi connectivity index (χ1) is 9.42. The van der Waals surface area contributed by atoms with Crippen LogP contribution >= 0.6 is 0 Å². The number of hydrogen-bond acceptors (Lipinski definition) is 2. The molecule has 1 aromatic rings. The SMILES string of the molecule is CCC(C)CC(C)NC(C)c1cccc(OC(F)F)c1. The van der Waals surface area contributed by atoms with Gasteiger partial charge in [-0.25, -0.2) is 0 Å². The van der Waals surface area contributed by atoms with E-state index in [-0.39, 0.29) is 11.8 Å². The average Bonchev–Trinajstić information content (AvgIpc) is 2.37. The topological polar surface area (TPSA) is 21.3 Å². The van der Waals surface area contributed by atoms with Gasteiger partial charge in [0.05, 0.1) is 0 Å². The van der Waals surface area contributed by atoms with Crippen molar-refractivity contribution in [2.24, 2.45) is 5.92 Å². The average molecular weight is 285 g/mol. The van der Waals surface area contributed by atoms with Gasteiger partial charge in [-0.3, -0.25) is 0 Å². The molecular weight excluding hydrogens is 260 g/mol. The largest absolute Gasteiger partial charge is 0.435 e. The Morgan fingerprint density at radius 3 is 2.50 bits per heavy atom. The highest BCUT2D eigenvalue weighted by Gasteiger charge is 2.13. The molecule has 1 rings (SSSR count). The summed E-state index contributed by atoms with van der Waals surface area (Å²) in [6.07, 6.45) is 2.27. The van der Waals surface area contributed by atoms with E-state index in [0.717, 1.165) is 18.4 Å². The van der Waals surface area contributed by atoms with Crippen molar-refractivity contribution in [1.82, 2.24) is 5.32 Å². The molecule has 0 radical (unpaired) electrons. The van der Waals surface area contributed by atoms with Gasteiger partial charge in [0.1, 0.15) is 5.75 Å². The number of halogens is 2. The molecule has 3 atom stereocenters. The summed E-state index contributed by atoms with van der Waals surface area (Å²) < 4.78 is 28.8. The zero-order chi connectivity index (χ0) is 15.1. The van der Waals surface area contributed by atoms with E-state index in [1.807, 2.05) is 13.0 Å². The Bertz CT molecular complexity index is 398. The van der Waals surface area contributed by atoms with Crippen LogP contribution in [0.15, 0.2) is 24.3 Å². The third-order valence-corrected chi connectivity index (χ3v) is 3.57. The minimum Gasteiger partial charge on any atom is -0.435 e. The molecule has 0 saturated heterocycles. The van der Waals surface area contributed by atoms with E-state index in [4.69, 9.17) is 0 Å². The highest BCUT2D eigenvalue weighted by Crippen LogP contribution is 2.22. The standard InChI is InChI=1S/C16H25F2NO/c1-5-11(2)9-12(3)19-13(4)14-7-6-8-15(10-14)20-16(17)18/h6-8,10-13,16,19H,5,9H2,1-4H3. The molecule has 1 aromatic carbocycles. The Kier molecular flexibility index (Phi) is 6.93. The summed E-state index contributed by atoms with van der Waals surface area (Å²) >= 11 is 0.